The first-order valence-electron chi connectivity index (χ1n) is 11.1. The number of nitrogens with zero attached hydrogens (tertiary/aromatic N) is 3. The van der Waals surface area contributed by atoms with Gasteiger partial charge >= 0.3 is 5.97 Å². The van der Waals surface area contributed by atoms with Gasteiger partial charge in [-0.05, 0) is 50.6 Å². The van der Waals surface area contributed by atoms with Crippen LogP contribution in [0.2, 0.25) is 5.02 Å². The number of halogens is 1. The minimum absolute atomic E-state index is 0.0226. The molecule has 0 radical (unpaired) electrons. The molecule has 4 rings (SSSR count). The molecule has 0 aliphatic carbocycles. The van der Waals surface area contributed by atoms with Crippen LogP contribution in [0, 0.1) is 0 Å². The smallest absolute Gasteiger partial charge is 0.319 e. The van der Waals surface area contributed by atoms with Crippen LogP contribution in [0.3, 0.4) is 0 Å². The number of hydrogen-bond acceptors (Lipinski definition) is 7. The molecule has 178 valence electrons. The van der Waals surface area contributed by atoms with Gasteiger partial charge in [0.05, 0.1) is 29.8 Å². The Hall–Kier alpha value is -3.36. The highest BCUT2D eigenvalue weighted by atomic mass is 35.5. The zero-order valence-corrected chi connectivity index (χ0v) is 20.3. The highest BCUT2D eigenvalue weighted by Gasteiger charge is 2.18. The molecule has 2 heterocycles. The summed E-state index contributed by atoms with van der Waals surface area (Å²) < 4.78 is 18.2. The van der Waals surface area contributed by atoms with Crippen LogP contribution in [0.25, 0.3) is 33.7 Å². The molecule has 34 heavy (non-hydrogen) atoms. The molecule has 0 amide bonds. The molecule has 4 aromatic rings. The lowest BCUT2D eigenvalue weighted by Gasteiger charge is -2.11. The molecular weight excluding hydrogens is 456 g/mol. The number of aromatic nitrogens is 3. The summed E-state index contributed by atoms with van der Waals surface area (Å²) in [6, 6.07) is 11.4. The molecule has 0 spiro atoms. The number of ether oxygens (including phenoxy) is 2. The second kappa shape index (κ2) is 10.3. The van der Waals surface area contributed by atoms with Gasteiger partial charge in [-0.3, -0.25) is 4.79 Å². The fourth-order valence-corrected chi connectivity index (χ4v) is 4.04. The van der Waals surface area contributed by atoms with Crippen LogP contribution in [0.1, 0.15) is 26.3 Å². The topological polar surface area (TPSA) is 91.4 Å². The lowest BCUT2D eigenvalue weighted by Crippen LogP contribution is -2.24. The first-order valence-corrected chi connectivity index (χ1v) is 11.5. The molecule has 0 saturated carbocycles. The molecule has 2 aromatic heterocycles. The van der Waals surface area contributed by atoms with Crippen molar-refractivity contribution in [3.05, 3.63) is 53.2 Å². The van der Waals surface area contributed by atoms with Crippen LogP contribution in [-0.4, -0.2) is 39.9 Å². The number of carbonyl (C=O) groups is 1. The first-order chi connectivity index (χ1) is 16.4. The fraction of sp³-hybridized carbons (Fsp3) is 0.320. The minimum Gasteiger partial charge on any atom is -0.489 e. The lowest BCUT2D eigenvalue weighted by atomic mass is 10.1. The summed E-state index contributed by atoms with van der Waals surface area (Å²) in [7, 11) is 1.97. The van der Waals surface area contributed by atoms with Gasteiger partial charge in [0, 0.05) is 36.3 Å². The maximum absolute atomic E-state index is 11.6. The third kappa shape index (κ3) is 5.08. The molecule has 0 aliphatic rings. The van der Waals surface area contributed by atoms with Crippen LogP contribution in [-0.2, 0) is 23.1 Å². The Kier molecular flexibility index (Phi) is 7.19. The van der Waals surface area contributed by atoms with E-state index in [-0.39, 0.29) is 18.6 Å². The van der Waals surface area contributed by atoms with Crippen molar-refractivity contribution in [2.24, 2.45) is 7.05 Å². The molecule has 1 N–H and O–H groups in total. The van der Waals surface area contributed by atoms with Crippen LogP contribution >= 0.6 is 11.6 Å². The Morgan fingerprint density at radius 1 is 1.26 bits per heavy atom. The molecule has 0 bridgehead atoms. The second-order valence-electron chi connectivity index (χ2n) is 8.11. The number of para-hydroxylation sites is 1. The predicted molar refractivity (Wildman–Crippen MR) is 131 cm³/mol. The highest BCUT2D eigenvalue weighted by molar-refractivity contribution is 6.32. The molecule has 2 aromatic carbocycles. The van der Waals surface area contributed by atoms with Crippen molar-refractivity contribution in [2.75, 3.05) is 13.2 Å². The number of benzene rings is 2. The minimum atomic E-state index is -0.272. The molecule has 0 unspecified atom stereocenters. The Labute approximate surface area is 202 Å². The average Bonchev–Trinajstić information content (AvgIpc) is 3.41. The van der Waals surface area contributed by atoms with E-state index in [0.29, 0.717) is 41.2 Å². The molecule has 8 nitrogen and oxygen atoms in total. The number of aryl methyl sites for hydroxylation is 1. The highest BCUT2D eigenvalue weighted by Crippen LogP contribution is 2.33. The maximum Gasteiger partial charge on any atom is 0.319 e. The summed E-state index contributed by atoms with van der Waals surface area (Å²) in [4.78, 5) is 16.2. The van der Waals surface area contributed by atoms with Gasteiger partial charge < -0.3 is 23.9 Å². The Bertz CT molecular complexity index is 1310. The summed E-state index contributed by atoms with van der Waals surface area (Å²) in [5, 5.41) is 8.88. The zero-order valence-electron chi connectivity index (χ0n) is 19.6. The van der Waals surface area contributed by atoms with E-state index in [1.807, 2.05) is 55.9 Å². The molecule has 0 atom stereocenters. The van der Waals surface area contributed by atoms with E-state index in [2.05, 4.69) is 15.5 Å². The van der Waals surface area contributed by atoms with Crippen molar-refractivity contribution in [1.29, 1.82) is 0 Å². The van der Waals surface area contributed by atoms with Gasteiger partial charge in [0.25, 0.3) is 5.89 Å². The number of rotatable bonds is 9. The summed E-state index contributed by atoms with van der Waals surface area (Å²) in [6.07, 6.45) is 2.05. The van der Waals surface area contributed by atoms with Crippen LogP contribution in [0.4, 0.5) is 0 Å². The number of nitrogens with one attached hydrogen (secondary N) is 1. The normalized spacial score (nSPS) is 11.4. The van der Waals surface area contributed by atoms with Gasteiger partial charge in [-0.2, -0.15) is 4.98 Å². The van der Waals surface area contributed by atoms with Gasteiger partial charge in [0.1, 0.15) is 5.75 Å². The number of hydrogen-bond donors (Lipinski definition) is 1. The lowest BCUT2D eigenvalue weighted by molar-refractivity contribution is -0.142. The van der Waals surface area contributed by atoms with E-state index in [0.717, 1.165) is 22.0 Å². The number of esters is 1. The quantitative estimate of drug-likeness (QED) is 0.336. The third-order valence-electron chi connectivity index (χ3n) is 5.18. The van der Waals surface area contributed by atoms with Crippen molar-refractivity contribution < 1.29 is 18.8 Å². The average molecular weight is 483 g/mol. The molecule has 0 fully saturated rings. The summed E-state index contributed by atoms with van der Waals surface area (Å²) in [6.45, 7) is 6.73. The van der Waals surface area contributed by atoms with Crippen LogP contribution in [0.15, 0.2) is 47.1 Å². The third-order valence-corrected chi connectivity index (χ3v) is 5.48. The second-order valence-corrected chi connectivity index (χ2v) is 8.52. The summed E-state index contributed by atoms with van der Waals surface area (Å²) >= 11 is 6.37. The predicted octanol–water partition coefficient (Wildman–Crippen LogP) is 4.99. The standard InChI is InChI=1S/C25H27ClN4O4/c1-5-32-22(31)13-27-12-17-14-30(4)23-18(17)7-6-8-19(23)24-28-25(34-29-24)16-9-10-21(20(26)11-16)33-15(2)3/h6-11,14-15,27H,5,12-13H2,1-4H3. The van der Waals surface area contributed by atoms with Crippen molar-refractivity contribution in [1.82, 2.24) is 20.0 Å². The summed E-state index contributed by atoms with van der Waals surface area (Å²) in [5.74, 6) is 1.19. The van der Waals surface area contributed by atoms with E-state index in [1.54, 1.807) is 19.1 Å². The van der Waals surface area contributed by atoms with Crippen molar-refractivity contribution in [2.45, 2.75) is 33.4 Å². The first kappa shape index (κ1) is 23.8. The van der Waals surface area contributed by atoms with E-state index >= 15 is 0 Å². The Balaban J connectivity index is 1.60. The SMILES string of the molecule is CCOC(=O)CNCc1cn(C)c2c(-c3noc(-c4ccc(OC(C)C)c(Cl)c4)n3)cccc12. The van der Waals surface area contributed by atoms with Gasteiger partial charge in [-0.1, -0.05) is 28.9 Å². The molecule has 9 heteroatoms. The van der Waals surface area contributed by atoms with Gasteiger partial charge in [-0.15, -0.1) is 0 Å². The van der Waals surface area contributed by atoms with E-state index in [9.17, 15) is 4.79 Å². The Morgan fingerprint density at radius 3 is 2.82 bits per heavy atom. The van der Waals surface area contributed by atoms with Gasteiger partial charge in [-0.25, -0.2) is 0 Å². The fourth-order valence-electron chi connectivity index (χ4n) is 3.82. The van der Waals surface area contributed by atoms with Crippen molar-refractivity contribution >= 4 is 28.5 Å². The Morgan fingerprint density at radius 2 is 2.09 bits per heavy atom. The van der Waals surface area contributed by atoms with Crippen molar-refractivity contribution in [3.8, 4) is 28.6 Å². The van der Waals surface area contributed by atoms with Crippen LogP contribution < -0.4 is 10.1 Å². The largest absolute Gasteiger partial charge is 0.489 e. The monoisotopic (exact) mass is 482 g/mol. The molecular formula is C25H27ClN4O4. The maximum atomic E-state index is 11.6. The van der Waals surface area contributed by atoms with E-state index < -0.39 is 0 Å². The number of fused-ring (bicyclic) bond motifs is 1. The molecule has 0 saturated heterocycles. The van der Waals surface area contributed by atoms with E-state index in [1.165, 1.54) is 0 Å². The molecule has 0 aliphatic heterocycles. The van der Waals surface area contributed by atoms with Crippen LogP contribution in [0.5, 0.6) is 5.75 Å². The van der Waals surface area contributed by atoms with Gasteiger partial charge in [0.2, 0.25) is 5.82 Å². The zero-order chi connectivity index (χ0) is 24.2. The van der Waals surface area contributed by atoms with Gasteiger partial charge in [0.15, 0.2) is 0 Å². The summed E-state index contributed by atoms with van der Waals surface area (Å²) in [5.41, 5.74) is 3.58. The van der Waals surface area contributed by atoms with Crippen molar-refractivity contribution in [3.63, 3.8) is 0 Å². The van der Waals surface area contributed by atoms with E-state index in [4.69, 9.17) is 25.6 Å². The number of carbonyl (C=O) groups excluding carboxylic acids is 1.